The predicted molar refractivity (Wildman–Crippen MR) is 89.0 cm³/mol. The molecule has 0 amide bonds. The first kappa shape index (κ1) is 15.8. The zero-order valence-corrected chi connectivity index (χ0v) is 13.8. The van der Waals surface area contributed by atoms with Crippen LogP contribution in [0.25, 0.3) is 16.7 Å². The summed E-state index contributed by atoms with van der Waals surface area (Å²) in [6, 6.07) is 7.35. The minimum Gasteiger partial charge on any atom is -0.465 e. The fourth-order valence-corrected chi connectivity index (χ4v) is 3.01. The van der Waals surface area contributed by atoms with E-state index in [0.717, 1.165) is 11.1 Å². The third-order valence-electron chi connectivity index (χ3n) is 3.01. The molecule has 3 rings (SSSR count). The van der Waals surface area contributed by atoms with E-state index in [1.54, 1.807) is 23.9 Å². The van der Waals surface area contributed by atoms with Crippen molar-refractivity contribution in [1.82, 2.24) is 19.7 Å². The molecule has 0 fully saturated rings. The Kier molecular flexibility index (Phi) is 4.78. The van der Waals surface area contributed by atoms with Crippen LogP contribution in [0.15, 0.2) is 41.8 Å². The summed E-state index contributed by atoms with van der Waals surface area (Å²) in [5, 5.41) is 6.45. The van der Waals surface area contributed by atoms with Crippen molar-refractivity contribution in [3.05, 3.63) is 41.8 Å². The van der Waals surface area contributed by atoms with Crippen LogP contribution in [0.3, 0.4) is 0 Å². The molecular weight excluding hydrogens is 336 g/mol. The minimum atomic E-state index is -0.272. The Morgan fingerprint density at radius 2 is 2.26 bits per heavy atom. The van der Waals surface area contributed by atoms with Gasteiger partial charge in [0.1, 0.15) is 11.4 Å². The third-order valence-corrected chi connectivity index (χ3v) is 4.23. The molecule has 0 saturated carbocycles. The molecule has 0 unspecified atom stereocenters. The summed E-state index contributed by atoms with van der Waals surface area (Å²) < 4.78 is 6.62. The van der Waals surface area contributed by atoms with E-state index >= 15 is 0 Å². The number of fused-ring (bicyclic) bond motifs is 1. The SMILES string of the molecule is CCOC(=O)CSc1ncnc2c1cnn2-c1cccc(Cl)c1. The van der Waals surface area contributed by atoms with Crippen molar-refractivity contribution < 1.29 is 9.53 Å². The number of nitrogens with zero attached hydrogens (tertiary/aromatic N) is 4. The fourth-order valence-electron chi connectivity index (χ4n) is 2.06. The number of rotatable bonds is 5. The zero-order chi connectivity index (χ0) is 16.2. The number of ether oxygens (including phenoxy) is 1. The van der Waals surface area contributed by atoms with E-state index in [1.807, 2.05) is 18.2 Å². The molecule has 0 radical (unpaired) electrons. The first-order valence-corrected chi connectivity index (χ1v) is 8.28. The number of esters is 1. The van der Waals surface area contributed by atoms with E-state index in [4.69, 9.17) is 16.3 Å². The number of halogens is 1. The average molecular weight is 349 g/mol. The van der Waals surface area contributed by atoms with Crippen molar-refractivity contribution in [2.24, 2.45) is 0 Å². The smallest absolute Gasteiger partial charge is 0.316 e. The molecule has 1 aromatic carbocycles. The highest BCUT2D eigenvalue weighted by atomic mass is 35.5. The van der Waals surface area contributed by atoms with E-state index in [2.05, 4.69) is 15.1 Å². The quantitative estimate of drug-likeness (QED) is 0.401. The number of aromatic nitrogens is 4. The minimum absolute atomic E-state index is 0.197. The van der Waals surface area contributed by atoms with Gasteiger partial charge in [-0.1, -0.05) is 29.4 Å². The van der Waals surface area contributed by atoms with Crippen molar-refractivity contribution in [3.8, 4) is 5.69 Å². The Balaban J connectivity index is 1.93. The molecule has 0 aliphatic carbocycles. The molecule has 0 spiro atoms. The molecular formula is C15H13ClN4O2S. The molecule has 23 heavy (non-hydrogen) atoms. The van der Waals surface area contributed by atoms with Gasteiger partial charge in [-0.2, -0.15) is 5.10 Å². The van der Waals surface area contributed by atoms with Crippen molar-refractivity contribution in [2.45, 2.75) is 11.9 Å². The van der Waals surface area contributed by atoms with Gasteiger partial charge in [-0.05, 0) is 25.1 Å². The molecule has 6 nitrogen and oxygen atoms in total. The van der Waals surface area contributed by atoms with Gasteiger partial charge in [0.15, 0.2) is 5.65 Å². The van der Waals surface area contributed by atoms with Gasteiger partial charge in [0.2, 0.25) is 0 Å². The van der Waals surface area contributed by atoms with Crippen molar-refractivity contribution >= 4 is 40.4 Å². The summed E-state index contributed by atoms with van der Waals surface area (Å²) in [7, 11) is 0. The highest BCUT2D eigenvalue weighted by Gasteiger charge is 2.13. The largest absolute Gasteiger partial charge is 0.465 e. The van der Waals surface area contributed by atoms with Gasteiger partial charge >= 0.3 is 5.97 Å². The van der Waals surface area contributed by atoms with Gasteiger partial charge in [0.25, 0.3) is 0 Å². The Morgan fingerprint density at radius 3 is 3.04 bits per heavy atom. The van der Waals surface area contributed by atoms with E-state index in [0.29, 0.717) is 22.3 Å². The van der Waals surface area contributed by atoms with E-state index < -0.39 is 0 Å². The Morgan fingerprint density at radius 1 is 1.39 bits per heavy atom. The molecule has 118 valence electrons. The van der Waals surface area contributed by atoms with Gasteiger partial charge in [-0.15, -0.1) is 0 Å². The van der Waals surface area contributed by atoms with Crippen molar-refractivity contribution in [1.29, 1.82) is 0 Å². The average Bonchev–Trinajstić information content (AvgIpc) is 2.98. The summed E-state index contributed by atoms with van der Waals surface area (Å²) in [6.07, 6.45) is 3.14. The van der Waals surface area contributed by atoms with Crippen LogP contribution in [0.5, 0.6) is 0 Å². The van der Waals surface area contributed by atoms with Gasteiger partial charge in [0, 0.05) is 5.02 Å². The van der Waals surface area contributed by atoms with E-state index in [-0.39, 0.29) is 11.7 Å². The first-order valence-electron chi connectivity index (χ1n) is 6.92. The summed E-state index contributed by atoms with van der Waals surface area (Å²) in [5.41, 5.74) is 1.47. The second-order valence-electron chi connectivity index (χ2n) is 4.55. The third kappa shape index (κ3) is 3.46. The Bertz CT molecular complexity index is 852. The topological polar surface area (TPSA) is 69.9 Å². The maximum Gasteiger partial charge on any atom is 0.316 e. The second kappa shape index (κ2) is 6.97. The fraction of sp³-hybridized carbons (Fsp3) is 0.200. The van der Waals surface area contributed by atoms with Crippen LogP contribution in [0, 0.1) is 0 Å². The number of carbonyl (C=O) groups excluding carboxylic acids is 1. The van der Waals surface area contributed by atoms with Gasteiger partial charge in [0.05, 0.1) is 29.6 Å². The van der Waals surface area contributed by atoms with Crippen LogP contribution >= 0.6 is 23.4 Å². The lowest BCUT2D eigenvalue weighted by molar-refractivity contribution is -0.139. The summed E-state index contributed by atoms with van der Waals surface area (Å²) in [5.74, 6) is -0.0750. The normalized spacial score (nSPS) is 10.9. The lowest BCUT2D eigenvalue weighted by Crippen LogP contribution is -2.06. The number of hydrogen-bond donors (Lipinski definition) is 0. The van der Waals surface area contributed by atoms with Gasteiger partial charge < -0.3 is 4.74 Å². The lowest BCUT2D eigenvalue weighted by atomic mass is 10.3. The van der Waals surface area contributed by atoms with Crippen LogP contribution in [-0.4, -0.2) is 38.1 Å². The van der Waals surface area contributed by atoms with E-state index in [1.165, 1.54) is 18.1 Å². The van der Waals surface area contributed by atoms with Crippen LogP contribution in [0.4, 0.5) is 0 Å². The van der Waals surface area contributed by atoms with Crippen molar-refractivity contribution in [3.63, 3.8) is 0 Å². The molecule has 8 heteroatoms. The van der Waals surface area contributed by atoms with Crippen LogP contribution < -0.4 is 0 Å². The van der Waals surface area contributed by atoms with Crippen LogP contribution in [-0.2, 0) is 9.53 Å². The Labute approximate surface area is 141 Å². The summed E-state index contributed by atoms with van der Waals surface area (Å²) >= 11 is 7.33. The van der Waals surface area contributed by atoms with Crippen molar-refractivity contribution in [2.75, 3.05) is 12.4 Å². The molecule has 0 saturated heterocycles. The number of benzene rings is 1. The number of hydrogen-bond acceptors (Lipinski definition) is 6. The first-order chi connectivity index (χ1) is 11.2. The molecule has 0 N–H and O–H groups in total. The second-order valence-corrected chi connectivity index (χ2v) is 5.95. The molecule has 0 aliphatic heterocycles. The number of thioether (sulfide) groups is 1. The van der Waals surface area contributed by atoms with E-state index in [9.17, 15) is 4.79 Å². The molecule has 0 atom stereocenters. The molecule has 3 aromatic rings. The lowest BCUT2D eigenvalue weighted by Gasteiger charge is -2.04. The predicted octanol–water partition coefficient (Wildman–Crippen LogP) is 3.12. The molecule has 2 aromatic heterocycles. The highest BCUT2D eigenvalue weighted by molar-refractivity contribution is 8.00. The van der Waals surface area contributed by atoms with Gasteiger partial charge in [-0.25, -0.2) is 14.6 Å². The zero-order valence-electron chi connectivity index (χ0n) is 12.3. The van der Waals surface area contributed by atoms with Crippen LogP contribution in [0.2, 0.25) is 5.02 Å². The van der Waals surface area contributed by atoms with Crippen LogP contribution in [0.1, 0.15) is 6.92 Å². The highest BCUT2D eigenvalue weighted by Crippen LogP contribution is 2.26. The number of carbonyl (C=O) groups is 1. The Hall–Kier alpha value is -2.12. The summed E-state index contributed by atoms with van der Waals surface area (Å²) in [4.78, 5) is 20.0. The molecule has 0 bridgehead atoms. The maximum absolute atomic E-state index is 11.5. The summed E-state index contributed by atoms with van der Waals surface area (Å²) in [6.45, 7) is 2.14. The molecule has 0 aliphatic rings. The maximum atomic E-state index is 11.5. The standard InChI is InChI=1S/C15H13ClN4O2S/c1-2-22-13(21)8-23-15-12-7-19-20(14(12)17-9-18-15)11-5-3-4-10(16)6-11/h3-7,9H,2,8H2,1H3. The molecule has 2 heterocycles. The monoisotopic (exact) mass is 348 g/mol. The van der Waals surface area contributed by atoms with Gasteiger partial charge in [-0.3, -0.25) is 4.79 Å².